The van der Waals surface area contributed by atoms with Crippen LogP contribution >= 0.6 is 0 Å². The molecule has 1 aliphatic heterocycles. The number of aromatic nitrogens is 2. The number of anilines is 1. The molecular weight excluding hydrogens is 412 g/mol. The number of carbonyl (C=O) groups excluding carboxylic acids is 2. The van der Waals surface area contributed by atoms with Gasteiger partial charge in [0.2, 0.25) is 0 Å². The number of nitrogens with zero attached hydrogens (tertiary/aromatic N) is 2. The minimum atomic E-state index is -3.33. The summed E-state index contributed by atoms with van der Waals surface area (Å²) in [4.78, 5) is 24.8. The first-order valence-corrected chi connectivity index (χ1v) is 11.4. The van der Waals surface area contributed by atoms with Gasteiger partial charge in [-0.1, -0.05) is 18.2 Å². The van der Waals surface area contributed by atoms with Crippen LogP contribution in [0.5, 0.6) is 0 Å². The van der Waals surface area contributed by atoms with Gasteiger partial charge in [-0.15, -0.1) is 0 Å². The Morgan fingerprint density at radius 2 is 1.77 bits per heavy atom. The van der Waals surface area contributed by atoms with Crippen molar-refractivity contribution in [3.8, 4) is 5.69 Å². The minimum absolute atomic E-state index is 0.00162. The number of carbonyl (C=O) groups is 2. The lowest BCUT2D eigenvalue weighted by Crippen LogP contribution is -2.41. The molecule has 0 radical (unpaired) electrons. The fourth-order valence-corrected chi connectivity index (χ4v) is 4.58. The van der Waals surface area contributed by atoms with Gasteiger partial charge >= 0.3 is 11.8 Å². The average molecular weight is 436 g/mol. The van der Waals surface area contributed by atoms with Crippen LogP contribution in [-0.4, -0.2) is 56.1 Å². The van der Waals surface area contributed by atoms with Crippen molar-refractivity contribution in [3.05, 3.63) is 41.6 Å². The number of para-hydroxylation sites is 1. The molecule has 2 amide bonds. The number of rotatable bonds is 8. The first kappa shape index (κ1) is 21.9. The topological polar surface area (TPSA) is 129 Å². The maximum Gasteiger partial charge on any atom is 0.314 e. The zero-order chi connectivity index (χ0) is 21.7. The van der Waals surface area contributed by atoms with Crippen molar-refractivity contribution in [1.29, 1.82) is 0 Å². The van der Waals surface area contributed by atoms with Crippen LogP contribution in [0.3, 0.4) is 0 Å². The highest BCUT2D eigenvalue weighted by atomic mass is 32.2. The van der Waals surface area contributed by atoms with Crippen LogP contribution in [0.2, 0.25) is 0 Å². The maximum atomic E-state index is 12.5. The predicted octanol–water partition coefficient (Wildman–Crippen LogP) is 0.754. The molecule has 1 aromatic heterocycles. The Balaban J connectivity index is 1.78. The average Bonchev–Trinajstić information content (AvgIpc) is 3.19. The normalized spacial score (nSPS) is 14.5. The summed E-state index contributed by atoms with van der Waals surface area (Å²) in [5, 5.41) is 9.32. The molecule has 0 fully saturated rings. The van der Waals surface area contributed by atoms with Gasteiger partial charge in [0, 0.05) is 18.8 Å². The summed E-state index contributed by atoms with van der Waals surface area (Å²) in [6.45, 7) is 4.37. The fraction of sp³-hybridized carbons (Fsp3) is 0.421. The Labute approximate surface area is 174 Å². The van der Waals surface area contributed by atoms with Crippen molar-refractivity contribution in [1.82, 2.24) is 15.1 Å². The van der Waals surface area contributed by atoms with Gasteiger partial charge < -0.3 is 20.1 Å². The smallest absolute Gasteiger partial charge is 0.314 e. The monoisotopic (exact) mass is 436 g/mol. The van der Waals surface area contributed by atoms with Crippen LogP contribution in [0.4, 0.5) is 5.82 Å². The minimum Gasteiger partial charge on any atom is -0.351 e. The molecule has 0 bridgehead atoms. The van der Waals surface area contributed by atoms with E-state index in [2.05, 4.69) is 15.7 Å². The van der Waals surface area contributed by atoms with Crippen molar-refractivity contribution in [2.24, 2.45) is 0 Å². The number of sulfone groups is 1. The van der Waals surface area contributed by atoms with Crippen molar-refractivity contribution >= 4 is 27.5 Å². The van der Waals surface area contributed by atoms with Crippen LogP contribution in [0.15, 0.2) is 30.3 Å². The number of benzene rings is 1. The summed E-state index contributed by atoms with van der Waals surface area (Å²) in [7, 11) is -3.33. The Bertz CT molecular complexity index is 1010. The number of fused-ring (bicyclic) bond motifs is 1. The van der Waals surface area contributed by atoms with Crippen LogP contribution < -0.4 is 10.6 Å². The highest BCUT2D eigenvalue weighted by molar-refractivity contribution is 7.90. The van der Waals surface area contributed by atoms with E-state index < -0.39 is 27.9 Å². The molecule has 0 spiro atoms. The van der Waals surface area contributed by atoms with E-state index in [1.807, 2.05) is 6.07 Å². The molecule has 1 aliphatic rings. The summed E-state index contributed by atoms with van der Waals surface area (Å²) < 4.78 is 36.1. The van der Waals surface area contributed by atoms with Crippen LogP contribution in [0.1, 0.15) is 25.1 Å². The van der Waals surface area contributed by atoms with E-state index in [1.54, 1.807) is 38.1 Å². The molecule has 10 nitrogen and oxygen atoms in total. The first-order valence-electron chi connectivity index (χ1n) is 9.53. The standard InChI is InChI=1S/C19H24N4O6S/c1-3-28-16(29-4-2)10-20-18(24)19(25)21-17-14-11-30(26,27)12-15(14)22-23(17)13-8-6-5-7-9-13/h5-9,16H,3-4,10-12H2,1-2H3,(H,20,24)(H,21,25). The van der Waals surface area contributed by atoms with Gasteiger partial charge in [0.25, 0.3) is 0 Å². The highest BCUT2D eigenvalue weighted by Crippen LogP contribution is 2.32. The molecule has 0 saturated carbocycles. The predicted molar refractivity (Wildman–Crippen MR) is 109 cm³/mol. The van der Waals surface area contributed by atoms with Crippen LogP contribution in [-0.2, 0) is 40.4 Å². The van der Waals surface area contributed by atoms with Gasteiger partial charge in [-0.2, -0.15) is 5.10 Å². The lowest BCUT2D eigenvalue weighted by Gasteiger charge is -2.17. The van der Waals surface area contributed by atoms with E-state index >= 15 is 0 Å². The molecule has 2 heterocycles. The number of nitrogens with one attached hydrogen (secondary N) is 2. The summed E-state index contributed by atoms with van der Waals surface area (Å²) in [5.41, 5.74) is 1.39. The fourth-order valence-electron chi connectivity index (χ4n) is 3.09. The third-order valence-corrected chi connectivity index (χ3v) is 5.80. The Kier molecular flexibility index (Phi) is 6.85. The van der Waals surface area contributed by atoms with E-state index in [0.29, 0.717) is 30.2 Å². The number of hydrogen-bond acceptors (Lipinski definition) is 7. The molecule has 0 aliphatic carbocycles. The van der Waals surface area contributed by atoms with Gasteiger partial charge in [-0.3, -0.25) is 9.59 Å². The zero-order valence-electron chi connectivity index (χ0n) is 16.8. The van der Waals surface area contributed by atoms with E-state index in [9.17, 15) is 18.0 Å². The molecule has 11 heteroatoms. The molecule has 0 saturated heterocycles. The SMILES string of the molecule is CCOC(CNC(=O)C(=O)Nc1c2c(nn1-c1ccccc1)CS(=O)(=O)C2)OCC. The van der Waals surface area contributed by atoms with Gasteiger partial charge in [-0.25, -0.2) is 13.1 Å². The lowest BCUT2D eigenvalue weighted by molar-refractivity contribution is -0.145. The largest absolute Gasteiger partial charge is 0.351 e. The Morgan fingerprint density at radius 1 is 1.10 bits per heavy atom. The van der Waals surface area contributed by atoms with E-state index in [-0.39, 0.29) is 23.9 Å². The first-order chi connectivity index (χ1) is 14.3. The summed E-state index contributed by atoms with van der Waals surface area (Å²) in [6, 6.07) is 8.93. The van der Waals surface area contributed by atoms with E-state index in [4.69, 9.17) is 9.47 Å². The third-order valence-electron chi connectivity index (χ3n) is 4.36. The summed E-state index contributed by atoms with van der Waals surface area (Å²) >= 11 is 0. The number of hydrogen-bond donors (Lipinski definition) is 2. The van der Waals surface area contributed by atoms with Crippen molar-refractivity contribution in [2.75, 3.05) is 25.1 Å². The number of ether oxygens (including phenoxy) is 2. The van der Waals surface area contributed by atoms with Gasteiger partial charge in [-0.05, 0) is 26.0 Å². The molecule has 0 atom stereocenters. The number of amides is 2. The second-order valence-electron chi connectivity index (χ2n) is 6.56. The highest BCUT2D eigenvalue weighted by Gasteiger charge is 2.33. The Hall–Kier alpha value is -2.76. The van der Waals surface area contributed by atoms with Crippen LogP contribution in [0, 0.1) is 0 Å². The van der Waals surface area contributed by atoms with Crippen molar-refractivity contribution in [3.63, 3.8) is 0 Å². The quantitative estimate of drug-likeness (QED) is 0.462. The van der Waals surface area contributed by atoms with Gasteiger partial charge in [0.15, 0.2) is 16.1 Å². The molecule has 30 heavy (non-hydrogen) atoms. The zero-order valence-corrected chi connectivity index (χ0v) is 17.6. The maximum absolute atomic E-state index is 12.5. The molecule has 3 rings (SSSR count). The summed E-state index contributed by atoms with van der Waals surface area (Å²) in [5.74, 6) is -2.12. The van der Waals surface area contributed by atoms with Crippen LogP contribution in [0.25, 0.3) is 5.69 Å². The van der Waals surface area contributed by atoms with Crippen molar-refractivity contribution in [2.45, 2.75) is 31.6 Å². The summed E-state index contributed by atoms with van der Waals surface area (Å²) in [6.07, 6.45) is -0.666. The molecule has 2 aromatic rings. The van der Waals surface area contributed by atoms with Crippen molar-refractivity contribution < 1.29 is 27.5 Å². The second-order valence-corrected chi connectivity index (χ2v) is 8.62. The molecule has 162 valence electrons. The second kappa shape index (κ2) is 9.37. The van der Waals surface area contributed by atoms with E-state index in [0.717, 1.165) is 0 Å². The van der Waals surface area contributed by atoms with Gasteiger partial charge in [0.1, 0.15) is 5.82 Å². The van der Waals surface area contributed by atoms with Gasteiger partial charge in [0.05, 0.1) is 29.4 Å². The molecular formula is C19H24N4O6S. The Morgan fingerprint density at radius 3 is 2.40 bits per heavy atom. The third kappa shape index (κ3) is 5.04. The molecule has 0 unspecified atom stereocenters. The van der Waals surface area contributed by atoms with E-state index in [1.165, 1.54) is 4.68 Å². The molecule has 1 aromatic carbocycles. The lowest BCUT2D eigenvalue weighted by atomic mass is 10.2. The molecule has 2 N–H and O–H groups in total.